The number of sulfonamides is 1. The number of benzene rings is 1. The van der Waals surface area contributed by atoms with E-state index in [1.807, 2.05) is 35.9 Å². The van der Waals surface area contributed by atoms with Crippen molar-refractivity contribution in [2.24, 2.45) is 0 Å². The molecule has 0 aliphatic carbocycles. The molecule has 0 saturated carbocycles. The molecule has 1 aromatic carbocycles. The van der Waals surface area contributed by atoms with E-state index < -0.39 is 10.0 Å². The maximum atomic E-state index is 12.9. The molecule has 0 N–H and O–H groups in total. The number of aryl methyl sites for hydroxylation is 1. The zero-order valence-corrected chi connectivity index (χ0v) is 17.2. The zero-order chi connectivity index (χ0) is 19.6. The van der Waals surface area contributed by atoms with E-state index in [0.29, 0.717) is 42.8 Å². The van der Waals surface area contributed by atoms with Gasteiger partial charge in [-0.15, -0.1) is 0 Å². The van der Waals surface area contributed by atoms with Crippen LogP contribution in [0.3, 0.4) is 0 Å². The van der Waals surface area contributed by atoms with Crippen molar-refractivity contribution < 1.29 is 12.9 Å². The van der Waals surface area contributed by atoms with Gasteiger partial charge in [0.2, 0.25) is 21.7 Å². The molecule has 3 aromatic rings. The Morgan fingerprint density at radius 3 is 2.68 bits per heavy atom. The van der Waals surface area contributed by atoms with E-state index in [0.717, 1.165) is 24.1 Å². The number of hydrogen-bond acceptors (Lipinski definition) is 7. The molecule has 0 unspecified atom stereocenters. The summed E-state index contributed by atoms with van der Waals surface area (Å²) in [7, 11) is -3.47. The third kappa shape index (κ3) is 4.17. The molecule has 2 aromatic heterocycles. The summed E-state index contributed by atoms with van der Waals surface area (Å²) in [5.74, 6) is 1.14. The van der Waals surface area contributed by atoms with Crippen molar-refractivity contribution in [3.05, 3.63) is 52.5 Å². The van der Waals surface area contributed by atoms with Crippen LogP contribution in [0.4, 0.5) is 0 Å². The van der Waals surface area contributed by atoms with Crippen LogP contribution in [0, 0.1) is 6.92 Å². The highest BCUT2D eigenvalue weighted by molar-refractivity contribution is 7.89. The van der Waals surface area contributed by atoms with Crippen LogP contribution in [-0.4, -0.2) is 53.9 Å². The monoisotopic (exact) mass is 418 g/mol. The van der Waals surface area contributed by atoms with Crippen molar-refractivity contribution in [3.8, 4) is 11.4 Å². The first-order valence-electron chi connectivity index (χ1n) is 9.17. The highest BCUT2D eigenvalue weighted by Crippen LogP contribution is 2.21. The van der Waals surface area contributed by atoms with E-state index in [9.17, 15) is 8.42 Å². The van der Waals surface area contributed by atoms with Gasteiger partial charge in [-0.2, -0.15) is 20.6 Å². The average Bonchev–Trinajstić information content (AvgIpc) is 3.31. The second-order valence-electron chi connectivity index (χ2n) is 6.87. The van der Waals surface area contributed by atoms with Gasteiger partial charge in [-0.05, 0) is 43.5 Å². The molecule has 4 rings (SSSR count). The predicted molar refractivity (Wildman–Crippen MR) is 107 cm³/mol. The smallest absolute Gasteiger partial charge is 0.243 e. The first kappa shape index (κ1) is 19.3. The summed E-state index contributed by atoms with van der Waals surface area (Å²) in [5.41, 5.74) is 1.99. The molecule has 1 aliphatic heterocycles. The van der Waals surface area contributed by atoms with Gasteiger partial charge in [-0.1, -0.05) is 22.9 Å². The van der Waals surface area contributed by atoms with Crippen molar-refractivity contribution in [1.29, 1.82) is 0 Å². The summed E-state index contributed by atoms with van der Waals surface area (Å²) in [5, 5.41) is 7.99. The van der Waals surface area contributed by atoms with E-state index in [2.05, 4.69) is 15.0 Å². The lowest BCUT2D eigenvalue weighted by molar-refractivity contribution is 0.236. The van der Waals surface area contributed by atoms with Gasteiger partial charge in [0.15, 0.2) is 0 Å². The molecule has 7 nitrogen and oxygen atoms in total. The van der Waals surface area contributed by atoms with Gasteiger partial charge in [0.25, 0.3) is 0 Å². The van der Waals surface area contributed by atoms with E-state index in [1.54, 1.807) is 27.8 Å². The van der Waals surface area contributed by atoms with Crippen molar-refractivity contribution in [2.45, 2.75) is 24.8 Å². The molecule has 1 aliphatic rings. The number of aromatic nitrogens is 2. The highest BCUT2D eigenvalue weighted by atomic mass is 32.2. The summed E-state index contributed by atoms with van der Waals surface area (Å²) in [6, 6.07) is 8.98. The molecule has 0 amide bonds. The fourth-order valence-corrected chi connectivity index (χ4v) is 5.33. The third-order valence-electron chi connectivity index (χ3n) is 4.81. The van der Waals surface area contributed by atoms with Crippen LogP contribution in [0.5, 0.6) is 0 Å². The standard InChI is InChI=1S/C19H22N4O3S2/c1-15-3-5-17(6-4-15)28(24,25)23-9-2-8-22(10-11-23)13-18-20-19(21-26-18)16-7-12-27-14-16/h3-7,12,14H,2,8-11,13H2,1H3. The van der Waals surface area contributed by atoms with E-state index in [1.165, 1.54) is 0 Å². The topological polar surface area (TPSA) is 79.5 Å². The van der Waals surface area contributed by atoms with Gasteiger partial charge in [-0.3, -0.25) is 4.90 Å². The third-order valence-corrected chi connectivity index (χ3v) is 7.41. The normalized spacial score (nSPS) is 16.9. The molecular formula is C19H22N4O3S2. The molecule has 1 fully saturated rings. The van der Waals surface area contributed by atoms with Crippen LogP contribution in [0.1, 0.15) is 17.9 Å². The Balaban J connectivity index is 1.40. The van der Waals surface area contributed by atoms with Gasteiger partial charge >= 0.3 is 0 Å². The van der Waals surface area contributed by atoms with Crippen molar-refractivity contribution >= 4 is 21.4 Å². The number of thiophene rings is 1. The molecule has 148 valence electrons. The van der Waals surface area contributed by atoms with Crippen molar-refractivity contribution in [2.75, 3.05) is 26.2 Å². The first-order chi connectivity index (χ1) is 13.5. The maximum absolute atomic E-state index is 12.9. The Morgan fingerprint density at radius 2 is 1.93 bits per heavy atom. The van der Waals surface area contributed by atoms with Crippen LogP contribution in [0.2, 0.25) is 0 Å². The zero-order valence-electron chi connectivity index (χ0n) is 15.6. The van der Waals surface area contributed by atoms with Crippen molar-refractivity contribution in [1.82, 2.24) is 19.3 Å². The van der Waals surface area contributed by atoms with E-state index in [-0.39, 0.29) is 0 Å². The fourth-order valence-electron chi connectivity index (χ4n) is 3.22. The molecule has 9 heteroatoms. The van der Waals surface area contributed by atoms with Crippen molar-refractivity contribution in [3.63, 3.8) is 0 Å². The molecule has 0 bridgehead atoms. The highest BCUT2D eigenvalue weighted by Gasteiger charge is 2.27. The summed E-state index contributed by atoms with van der Waals surface area (Å²) in [4.78, 5) is 6.97. The summed E-state index contributed by atoms with van der Waals surface area (Å²) in [6.07, 6.45) is 0.761. The Kier molecular flexibility index (Phi) is 5.58. The van der Waals surface area contributed by atoms with Crippen LogP contribution >= 0.6 is 11.3 Å². The largest absolute Gasteiger partial charge is 0.338 e. The Bertz CT molecular complexity index is 1010. The average molecular weight is 419 g/mol. The lowest BCUT2D eigenvalue weighted by Gasteiger charge is -2.21. The molecule has 3 heterocycles. The Hall–Kier alpha value is -2.07. The second kappa shape index (κ2) is 8.12. The minimum atomic E-state index is -3.47. The van der Waals surface area contributed by atoms with Gasteiger partial charge in [0.05, 0.1) is 11.4 Å². The van der Waals surface area contributed by atoms with Crippen LogP contribution in [-0.2, 0) is 16.6 Å². The maximum Gasteiger partial charge on any atom is 0.243 e. The fraction of sp³-hybridized carbons (Fsp3) is 0.368. The van der Waals surface area contributed by atoms with Gasteiger partial charge in [0.1, 0.15) is 0 Å². The summed E-state index contributed by atoms with van der Waals surface area (Å²) < 4.78 is 32.8. The molecule has 0 radical (unpaired) electrons. The number of rotatable bonds is 5. The lowest BCUT2D eigenvalue weighted by atomic mass is 10.2. The molecular weight excluding hydrogens is 396 g/mol. The number of hydrogen-bond donors (Lipinski definition) is 0. The van der Waals surface area contributed by atoms with Gasteiger partial charge < -0.3 is 4.52 Å². The van der Waals surface area contributed by atoms with E-state index in [4.69, 9.17) is 4.52 Å². The summed E-state index contributed by atoms with van der Waals surface area (Å²) in [6.45, 7) is 4.84. The minimum absolute atomic E-state index is 0.351. The lowest BCUT2D eigenvalue weighted by Crippen LogP contribution is -2.35. The Labute approximate surface area is 168 Å². The Morgan fingerprint density at radius 1 is 1.11 bits per heavy atom. The number of nitrogens with zero attached hydrogens (tertiary/aromatic N) is 4. The van der Waals surface area contributed by atoms with Gasteiger partial charge in [0, 0.05) is 30.6 Å². The second-order valence-corrected chi connectivity index (χ2v) is 9.59. The summed E-state index contributed by atoms with van der Waals surface area (Å²) >= 11 is 1.59. The molecule has 0 spiro atoms. The minimum Gasteiger partial charge on any atom is -0.338 e. The molecule has 28 heavy (non-hydrogen) atoms. The van der Waals surface area contributed by atoms with Gasteiger partial charge in [-0.25, -0.2) is 8.42 Å². The molecule has 0 atom stereocenters. The quantitative estimate of drug-likeness (QED) is 0.634. The SMILES string of the molecule is Cc1ccc(S(=O)(=O)N2CCCN(Cc3nc(-c4ccsc4)no3)CC2)cc1. The van der Waals surface area contributed by atoms with Crippen LogP contribution in [0.15, 0.2) is 50.5 Å². The predicted octanol–water partition coefficient (Wildman–Crippen LogP) is 3.00. The van der Waals surface area contributed by atoms with Crippen LogP contribution < -0.4 is 0 Å². The molecule has 1 saturated heterocycles. The first-order valence-corrected chi connectivity index (χ1v) is 11.5. The van der Waals surface area contributed by atoms with E-state index >= 15 is 0 Å². The van der Waals surface area contributed by atoms with Crippen LogP contribution in [0.25, 0.3) is 11.4 Å².